The van der Waals surface area contributed by atoms with Gasteiger partial charge in [-0.05, 0) is 26.0 Å². The van der Waals surface area contributed by atoms with Crippen molar-refractivity contribution in [3.8, 4) is 5.69 Å². The summed E-state index contributed by atoms with van der Waals surface area (Å²) in [5, 5.41) is 21.1. The average molecular weight is 359 g/mol. The molecule has 0 unspecified atom stereocenters. The maximum absolute atomic E-state index is 12.3. The third kappa shape index (κ3) is 4.51. The van der Waals surface area contributed by atoms with Crippen LogP contribution in [-0.2, 0) is 0 Å². The minimum Gasteiger partial charge on any atom is -0.349 e. The Balaban J connectivity index is 2.31. The van der Waals surface area contributed by atoms with Gasteiger partial charge in [-0.1, -0.05) is 19.1 Å². The second kappa shape index (κ2) is 8.86. The van der Waals surface area contributed by atoms with Gasteiger partial charge in [0.2, 0.25) is 5.43 Å². The van der Waals surface area contributed by atoms with E-state index >= 15 is 0 Å². The largest absolute Gasteiger partial charge is 0.349 e. The quantitative estimate of drug-likeness (QED) is 0.415. The highest BCUT2D eigenvalue weighted by atomic mass is 16.6. The molecule has 0 saturated carbocycles. The van der Waals surface area contributed by atoms with E-state index in [-0.39, 0.29) is 17.1 Å². The van der Waals surface area contributed by atoms with Crippen molar-refractivity contribution in [3.05, 3.63) is 62.1 Å². The van der Waals surface area contributed by atoms with Crippen molar-refractivity contribution < 1.29 is 9.72 Å². The summed E-state index contributed by atoms with van der Waals surface area (Å²) >= 11 is 0. The van der Waals surface area contributed by atoms with Crippen LogP contribution in [-0.4, -0.2) is 40.2 Å². The zero-order valence-electron chi connectivity index (χ0n) is 14.7. The number of amides is 1. The number of aryl methyl sites for hydroxylation is 1. The molecule has 2 rings (SSSR count). The van der Waals surface area contributed by atoms with E-state index in [2.05, 4.69) is 15.7 Å². The van der Waals surface area contributed by atoms with E-state index in [9.17, 15) is 19.7 Å². The predicted octanol–water partition coefficient (Wildman–Crippen LogP) is 1.18. The van der Waals surface area contributed by atoms with Gasteiger partial charge in [0.15, 0.2) is 5.69 Å². The highest BCUT2D eigenvalue weighted by Crippen LogP contribution is 2.22. The Morgan fingerprint density at radius 3 is 2.69 bits per heavy atom. The first-order valence-corrected chi connectivity index (χ1v) is 8.29. The fourth-order valence-corrected chi connectivity index (χ4v) is 2.40. The number of para-hydroxylation sites is 2. The lowest BCUT2D eigenvalue weighted by Crippen LogP contribution is -2.36. The normalized spacial score (nSPS) is 10.5. The number of hydrogen-bond acceptors (Lipinski definition) is 6. The van der Waals surface area contributed by atoms with E-state index in [1.165, 1.54) is 28.9 Å². The predicted molar refractivity (Wildman–Crippen MR) is 96.7 cm³/mol. The highest BCUT2D eigenvalue weighted by molar-refractivity contribution is 5.92. The number of nitro benzene ring substituents is 1. The molecule has 0 aliphatic rings. The summed E-state index contributed by atoms with van der Waals surface area (Å²) in [6, 6.07) is 7.26. The number of carbonyl (C=O) groups is 1. The number of nitrogens with zero attached hydrogens (tertiary/aromatic N) is 3. The molecule has 1 aromatic heterocycles. The van der Waals surface area contributed by atoms with E-state index in [0.717, 1.165) is 13.0 Å². The molecule has 0 fully saturated rings. The van der Waals surface area contributed by atoms with E-state index in [4.69, 9.17) is 0 Å². The van der Waals surface area contributed by atoms with Gasteiger partial charge in [0, 0.05) is 30.9 Å². The van der Waals surface area contributed by atoms with Crippen molar-refractivity contribution in [2.75, 3.05) is 19.6 Å². The summed E-state index contributed by atoms with van der Waals surface area (Å²) in [4.78, 5) is 35.1. The maximum Gasteiger partial charge on any atom is 0.294 e. The van der Waals surface area contributed by atoms with Gasteiger partial charge in [-0.15, -0.1) is 0 Å². The Hall–Kier alpha value is -3.07. The van der Waals surface area contributed by atoms with Crippen LogP contribution in [0.2, 0.25) is 0 Å². The van der Waals surface area contributed by atoms with Crippen molar-refractivity contribution in [2.24, 2.45) is 0 Å². The van der Waals surface area contributed by atoms with Crippen molar-refractivity contribution in [1.82, 2.24) is 20.4 Å². The van der Waals surface area contributed by atoms with Gasteiger partial charge in [-0.3, -0.25) is 19.7 Å². The summed E-state index contributed by atoms with van der Waals surface area (Å²) in [5.41, 5.74) is -0.415. The Morgan fingerprint density at radius 1 is 1.27 bits per heavy atom. The molecule has 0 atom stereocenters. The summed E-state index contributed by atoms with van der Waals surface area (Å²) in [5.74, 6) is -0.611. The standard InChI is InChI=1S/C17H21N5O4/c1-3-8-18-9-10-19-17(24)16-15(23)11-12(2)21(20-16)13-6-4-5-7-14(13)22(25)26/h4-7,11,18H,3,8-10H2,1-2H3,(H,19,24). The summed E-state index contributed by atoms with van der Waals surface area (Å²) in [7, 11) is 0. The zero-order valence-corrected chi connectivity index (χ0v) is 14.7. The molecule has 1 heterocycles. The van der Waals surface area contributed by atoms with E-state index in [1.54, 1.807) is 13.0 Å². The van der Waals surface area contributed by atoms with Crippen LogP contribution in [0.3, 0.4) is 0 Å². The molecule has 1 aromatic carbocycles. The van der Waals surface area contributed by atoms with Gasteiger partial charge in [0.05, 0.1) is 4.92 Å². The van der Waals surface area contributed by atoms with Gasteiger partial charge < -0.3 is 10.6 Å². The number of benzene rings is 1. The van der Waals surface area contributed by atoms with Gasteiger partial charge in [0.1, 0.15) is 5.69 Å². The van der Waals surface area contributed by atoms with Gasteiger partial charge in [-0.25, -0.2) is 4.68 Å². The maximum atomic E-state index is 12.3. The van der Waals surface area contributed by atoms with Crippen LogP contribution in [0.1, 0.15) is 29.5 Å². The summed E-state index contributed by atoms with van der Waals surface area (Å²) in [6.07, 6.45) is 0.980. The lowest BCUT2D eigenvalue weighted by Gasteiger charge is -2.11. The Morgan fingerprint density at radius 2 is 2.00 bits per heavy atom. The second-order valence-electron chi connectivity index (χ2n) is 5.66. The smallest absolute Gasteiger partial charge is 0.294 e. The number of rotatable bonds is 8. The summed E-state index contributed by atoms with van der Waals surface area (Å²) in [6.45, 7) is 5.39. The van der Waals surface area contributed by atoms with Gasteiger partial charge in [0.25, 0.3) is 11.6 Å². The van der Waals surface area contributed by atoms with E-state index < -0.39 is 16.3 Å². The SMILES string of the molecule is CCCNCCNC(=O)c1nn(-c2ccccc2[N+](=O)[O-])c(C)cc1=O. The number of nitro groups is 1. The first kappa shape index (κ1) is 19.3. The lowest BCUT2D eigenvalue weighted by molar-refractivity contribution is -0.384. The Kier molecular flexibility index (Phi) is 6.56. The highest BCUT2D eigenvalue weighted by Gasteiger charge is 2.19. The van der Waals surface area contributed by atoms with Crippen LogP contribution >= 0.6 is 0 Å². The van der Waals surface area contributed by atoms with Gasteiger partial charge >= 0.3 is 0 Å². The minimum atomic E-state index is -0.611. The molecule has 0 bridgehead atoms. The Labute approximate surface area is 150 Å². The molecule has 1 amide bonds. The third-order valence-electron chi connectivity index (χ3n) is 3.64. The van der Waals surface area contributed by atoms with E-state index in [1.807, 2.05) is 6.92 Å². The minimum absolute atomic E-state index is 0.165. The topological polar surface area (TPSA) is 119 Å². The molecule has 138 valence electrons. The van der Waals surface area contributed by atoms with Crippen molar-refractivity contribution >= 4 is 11.6 Å². The van der Waals surface area contributed by atoms with Crippen LogP contribution < -0.4 is 16.1 Å². The van der Waals surface area contributed by atoms with Crippen molar-refractivity contribution in [3.63, 3.8) is 0 Å². The lowest BCUT2D eigenvalue weighted by atomic mass is 10.2. The molecule has 26 heavy (non-hydrogen) atoms. The molecular formula is C17H21N5O4. The number of aromatic nitrogens is 2. The molecule has 0 saturated heterocycles. The molecule has 2 aromatic rings. The molecule has 9 nitrogen and oxygen atoms in total. The third-order valence-corrected chi connectivity index (χ3v) is 3.64. The summed E-state index contributed by atoms with van der Waals surface area (Å²) < 4.78 is 1.24. The molecule has 0 aliphatic heterocycles. The monoisotopic (exact) mass is 359 g/mol. The van der Waals surface area contributed by atoms with Crippen LogP contribution in [0.5, 0.6) is 0 Å². The van der Waals surface area contributed by atoms with Crippen LogP contribution in [0, 0.1) is 17.0 Å². The molecule has 0 spiro atoms. The molecule has 0 radical (unpaired) electrons. The number of nitrogens with one attached hydrogen (secondary N) is 2. The molecule has 9 heteroatoms. The van der Waals surface area contributed by atoms with Crippen LogP contribution in [0.4, 0.5) is 5.69 Å². The van der Waals surface area contributed by atoms with Crippen molar-refractivity contribution in [2.45, 2.75) is 20.3 Å². The average Bonchev–Trinajstić information content (AvgIpc) is 2.61. The first-order chi connectivity index (χ1) is 12.5. The fourth-order valence-electron chi connectivity index (χ4n) is 2.40. The fraction of sp³-hybridized carbons (Fsp3) is 0.353. The number of carbonyl (C=O) groups excluding carboxylic acids is 1. The Bertz CT molecular complexity index is 862. The number of hydrogen-bond donors (Lipinski definition) is 2. The molecule has 0 aliphatic carbocycles. The molecule has 2 N–H and O–H groups in total. The molecular weight excluding hydrogens is 338 g/mol. The van der Waals surface area contributed by atoms with Crippen molar-refractivity contribution in [1.29, 1.82) is 0 Å². The van der Waals surface area contributed by atoms with Gasteiger partial charge in [-0.2, -0.15) is 5.10 Å². The van der Waals surface area contributed by atoms with Crippen LogP contribution in [0.25, 0.3) is 5.69 Å². The first-order valence-electron chi connectivity index (χ1n) is 8.29. The second-order valence-corrected chi connectivity index (χ2v) is 5.66. The van der Waals surface area contributed by atoms with Crippen LogP contribution in [0.15, 0.2) is 35.1 Å². The zero-order chi connectivity index (χ0) is 19.1. The van der Waals surface area contributed by atoms with E-state index in [0.29, 0.717) is 18.8 Å².